The normalized spacial score (nSPS) is 27.5. The van der Waals surface area contributed by atoms with E-state index in [1.165, 1.54) is 0 Å². The van der Waals surface area contributed by atoms with Gasteiger partial charge in [0, 0.05) is 31.5 Å². The second-order valence-electron chi connectivity index (χ2n) is 6.93. The molecule has 3 fully saturated rings. The Morgan fingerprint density at radius 3 is 2.28 bits per heavy atom. The third-order valence-electron chi connectivity index (χ3n) is 5.54. The van der Waals surface area contributed by atoms with E-state index >= 15 is 0 Å². The van der Waals surface area contributed by atoms with E-state index in [-0.39, 0.29) is 5.91 Å². The molecule has 0 aliphatic carbocycles. The van der Waals surface area contributed by atoms with Crippen LogP contribution < -0.4 is 4.90 Å². The van der Waals surface area contributed by atoms with Crippen molar-refractivity contribution in [3.8, 4) is 0 Å². The lowest BCUT2D eigenvalue weighted by atomic mass is 10.0. The third-order valence-corrected chi connectivity index (χ3v) is 5.54. The maximum atomic E-state index is 13.1. The van der Waals surface area contributed by atoms with Gasteiger partial charge in [-0.05, 0) is 6.07 Å². The lowest BCUT2D eigenvalue weighted by Gasteiger charge is -2.39. The summed E-state index contributed by atoms with van der Waals surface area (Å²) < 4.78 is 23.1. The Hall–Kier alpha value is -1.51. The lowest BCUT2D eigenvalue weighted by Crippen LogP contribution is -2.51. The van der Waals surface area contributed by atoms with Crippen molar-refractivity contribution in [3.05, 3.63) is 29.8 Å². The van der Waals surface area contributed by atoms with Gasteiger partial charge in [0.2, 0.25) is 0 Å². The lowest BCUT2D eigenvalue weighted by molar-refractivity contribution is -0.187. The number of likely N-dealkylation sites (tertiary alicyclic amines) is 1. The molecule has 5 rings (SSSR count). The standard InChI is InChI=1S/C18H22N2O5/c21-16-18(24-11-12-25-18)14-3-1-2-4-15(14)20(16)13-19-7-5-17(6-8-19)22-9-10-23-17/h1-4H,5-13H2. The Morgan fingerprint density at radius 2 is 1.56 bits per heavy atom. The van der Waals surface area contributed by atoms with Gasteiger partial charge >= 0.3 is 0 Å². The summed E-state index contributed by atoms with van der Waals surface area (Å²) in [5.41, 5.74) is 1.69. The molecule has 2 spiro atoms. The molecule has 3 saturated heterocycles. The average molecular weight is 346 g/mol. The molecule has 0 atom stereocenters. The van der Waals surface area contributed by atoms with Crippen molar-refractivity contribution in [2.45, 2.75) is 24.4 Å². The van der Waals surface area contributed by atoms with Crippen molar-refractivity contribution < 1.29 is 23.7 Å². The van der Waals surface area contributed by atoms with E-state index in [4.69, 9.17) is 18.9 Å². The quantitative estimate of drug-likeness (QED) is 0.797. The molecule has 1 amide bonds. The summed E-state index contributed by atoms with van der Waals surface area (Å²) in [7, 11) is 0. The van der Waals surface area contributed by atoms with Gasteiger partial charge in [-0.1, -0.05) is 18.2 Å². The molecule has 0 N–H and O–H groups in total. The van der Waals surface area contributed by atoms with E-state index in [0.29, 0.717) is 33.1 Å². The van der Waals surface area contributed by atoms with Gasteiger partial charge in [0.25, 0.3) is 11.7 Å². The first-order valence-corrected chi connectivity index (χ1v) is 8.92. The number of ether oxygens (including phenoxy) is 4. The van der Waals surface area contributed by atoms with Crippen molar-refractivity contribution in [2.75, 3.05) is 51.1 Å². The number of rotatable bonds is 2. The zero-order valence-corrected chi connectivity index (χ0v) is 14.1. The summed E-state index contributed by atoms with van der Waals surface area (Å²) in [6.07, 6.45) is 1.66. The Kier molecular flexibility index (Phi) is 3.62. The van der Waals surface area contributed by atoms with Gasteiger partial charge in [0.05, 0.1) is 38.8 Å². The number of para-hydroxylation sites is 1. The zero-order valence-electron chi connectivity index (χ0n) is 14.1. The molecule has 0 bridgehead atoms. The maximum absolute atomic E-state index is 13.1. The number of hydrogen-bond donors (Lipinski definition) is 0. The highest BCUT2D eigenvalue weighted by Crippen LogP contribution is 2.45. The fourth-order valence-corrected chi connectivity index (χ4v) is 4.24. The highest BCUT2D eigenvalue weighted by Gasteiger charge is 2.56. The molecule has 4 heterocycles. The van der Waals surface area contributed by atoms with Gasteiger partial charge in [0.1, 0.15) is 0 Å². The van der Waals surface area contributed by atoms with Crippen molar-refractivity contribution in [2.24, 2.45) is 0 Å². The van der Waals surface area contributed by atoms with Gasteiger partial charge < -0.3 is 18.9 Å². The molecule has 4 aliphatic heterocycles. The molecule has 7 heteroatoms. The molecule has 0 aromatic heterocycles. The number of carbonyl (C=O) groups is 1. The number of carbonyl (C=O) groups excluding carboxylic acids is 1. The number of hydrogen-bond acceptors (Lipinski definition) is 6. The van der Waals surface area contributed by atoms with Crippen LogP contribution in [0, 0.1) is 0 Å². The van der Waals surface area contributed by atoms with Crippen LogP contribution in [0.15, 0.2) is 24.3 Å². The minimum absolute atomic E-state index is 0.125. The molecule has 7 nitrogen and oxygen atoms in total. The van der Waals surface area contributed by atoms with Gasteiger partial charge in [0.15, 0.2) is 5.79 Å². The minimum Gasteiger partial charge on any atom is -0.347 e. The predicted octanol–water partition coefficient (Wildman–Crippen LogP) is 1.03. The predicted molar refractivity (Wildman–Crippen MR) is 87.8 cm³/mol. The highest BCUT2D eigenvalue weighted by molar-refractivity contribution is 6.06. The number of piperidine rings is 1. The number of fused-ring (bicyclic) bond motifs is 2. The summed E-state index contributed by atoms with van der Waals surface area (Å²) in [5, 5.41) is 0. The van der Waals surface area contributed by atoms with Crippen LogP contribution in [-0.2, 0) is 29.5 Å². The first-order chi connectivity index (χ1) is 12.2. The van der Waals surface area contributed by atoms with E-state index in [9.17, 15) is 4.79 Å². The van der Waals surface area contributed by atoms with E-state index in [2.05, 4.69) is 4.90 Å². The van der Waals surface area contributed by atoms with E-state index in [0.717, 1.165) is 37.2 Å². The van der Waals surface area contributed by atoms with Crippen LogP contribution in [0.1, 0.15) is 18.4 Å². The van der Waals surface area contributed by atoms with Gasteiger partial charge in [-0.2, -0.15) is 0 Å². The molecule has 1 aromatic rings. The Labute approximate surface area is 146 Å². The van der Waals surface area contributed by atoms with Crippen LogP contribution in [0.3, 0.4) is 0 Å². The summed E-state index contributed by atoms with van der Waals surface area (Å²) in [6.45, 7) is 4.43. The Balaban J connectivity index is 1.35. The molecule has 134 valence electrons. The van der Waals surface area contributed by atoms with Crippen molar-refractivity contribution in [1.82, 2.24) is 4.90 Å². The molecule has 1 aromatic carbocycles. The molecule has 4 aliphatic rings. The number of nitrogens with zero attached hydrogens (tertiary/aromatic N) is 2. The fourth-order valence-electron chi connectivity index (χ4n) is 4.24. The number of amides is 1. The first-order valence-electron chi connectivity index (χ1n) is 8.92. The molecule has 0 unspecified atom stereocenters. The summed E-state index contributed by atoms with van der Waals surface area (Å²) in [4.78, 5) is 17.2. The molecule has 25 heavy (non-hydrogen) atoms. The first kappa shape index (κ1) is 15.7. The third kappa shape index (κ3) is 2.34. The van der Waals surface area contributed by atoms with E-state index in [1.807, 2.05) is 24.3 Å². The van der Waals surface area contributed by atoms with Crippen LogP contribution in [-0.4, -0.2) is 62.8 Å². The monoisotopic (exact) mass is 346 g/mol. The van der Waals surface area contributed by atoms with Crippen molar-refractivity contribution in [3.63, 3.8) is 0 Å². The van der Waals surface area contributed by atoms with Gasteiger partial charge in [-0.25, -0.2) is 0 Å². The molecule has 0 saturated carbocycles. The van der Waals surface area contributed by atoms with Crippen LogP contribution in [0.4, 0.5) is 5.69 Å². The topological polar surface area (TPSA) is 60.5 Å². The second-order valence-corrected chi connectivity index (χ2v) is 6.93. The van der Waals surface area contributed by atoms with E-state index < -0.39 is 11.6 Å². The second kappa shape index (κ2) is 5.75. The number of benzene rings is 1. The largest absolute Gasteiger partial charge is 0.347 e. The zero-order chi connectivity index (χ0) is 16.9. The molecule has 0 radical (unpaired) electrons. The molecular formula is C18H22N2O5. The fraction of sp³-hybridized carbons (Fsp3) is 0.611. The van der Waals surface area contributed by atoms with Crippen LogP contribution >= 0.6 is 0 Å². The maximum Gasteiger partial charge on any atom is 0.293 e. The minimum atomic E-state index is -1.24. The van der Waals surface area contributed by atoms with Crippen molar-refractivity contribution in [1.29, 1.82) is 0 Å². The van der Waals surface area contributed by atoms with E-state index in [1.54, 1.807) is 4.90 Å². The Morgan fingerprint density at radius 1 is 0.920 bits per heavy atom. The number of anilines is 1. The summed E-state index contributed by atoms with van der Waals surface area (Å²) in [5.74, 6) is -1.77. The van der Waals surface area contributed by atoms with Gasteiger partial charge in [-0.3, -0.25) is 14.6 Å². The Bertz CT molecular complexity index is 672. The molecular weight excluding hydrogens is 324 g/mol. The summed E-state index contributed by atoms with van der Waals surface area (Å²) in [6, 6.07) is 7.74. The van der Waals surface area contributed by atoms with Crippen LogP contribution in [0.2, 0.25) is 0 Å². The SMILES string of the molecule is O=C1N(CN2CCC3(CC2)OCCO3)c2ccccc2C12OCCO2. The summed E-state index contributed by atoms with van der Waals surface area (Å²) >= 11 is 0. The van der Waals surface area contributed by atoms with Crippen LogP contribution in [0.5, 0.6) is 0 Å². The van der Waals surface area contributed by atoms with Crippen molar-refractivity contribution >= 4 is 11.6 Å². The average Bonchev–Trinajstić information content (AvgIpc) is 3.35. The van der Waals surface area contributed by atoms with Crippen LogP contribution in [0.25, 0.3) is 0 Å². The van der Waals surface area contributed by atoms with Gasteiger partial charge in [-0.15, -0.1) is 0 Å². The highest BCUT2D eigenvalue weighted by atomic mass is 16.7. The smallest absolute Gasteiger partial charge is 0.293 e.